The normalized spacial score (nSPS) is 24.5. The molecule has 1 heterocycles. The number of aliphatic hydroxyl groups is 1. The van der Waals surface area contributed by atoms with Crippen molar-refractivity contribution in [2.75, 3.05) is 20.3 Å². The summed E-state index contributed by atoms with van der Waals surface area (Å²) in [6, 6.07) is 6.12. The van der Waals surface area contributed by atoms with Crippen LogP contribution in [0.25, 0.3) is 0 Å². The molecule has 0 amide bonds. The molecule has 1 aromatic rings. The minimum absolute atomic E-state index is 0.122. The Hall–Kier alpha value is -0.580. The van der Waals surface area contributed by atoms with Gasteiger partial charge in [0, 0.05) is 22.0 Å². The van der Waals surface area contributed by atoms with E-state index in [0.717, 1.165) is 15.8 Å². The topological polar surface area (TPSA) is 41.5 Å². The van der Waals surface area contributed by atoms with Gasteiger partial charge in [-0.3, -0.25) is 0 Å². The molecule has 2 atom stereocenters. The third kappa shape index (κ3) is 2.02. The van der Waals surface area contributed by atoms with Crippen molar-refractivity contribution in [1.82, 2.24) is 5.32 Å². The highest BCUT2D eigenvalue weighted by Crippen LogP contribution is 2.36. The number of halogens is 1. The highest BCUT2D eigenvalue weighted by atomic mass is 79.9. The lowest BCUT2D eigenvalue weighted by Gasteiger charge is -2.32. The number of ether oxygens (including phenoxy) is 1. The minimum atomic E-state index is 0.122. The van der Waals surface area contributed by atoms with Crippen molar-refractivity contribution in [2.45, 2.75) is 6.04 Å². The fourth-order valence-electron chi connectivity index (χ4n) is 1.99. The number of fused-ring (bicyclic) bond motifs is 1. The minimum Gasteiger partial charge on any atom is -0.493 e. The van der Waals surface area contributed by atoms with Crippen LogP contribution in [0.5, 0.6) is 5.75 Å². The van der Waals surface area contributed by atoms with Gasteiger partial charge in [-0.25, -0.2) is 0 Å². The molecule has 82 valence electrons. The molecule has 2 rings (SSSR count). The van der Waals surface area contributed by atoms with Crippen LogP contribution in [-0.4, -0.2) is 25.4 Å². The Balaban J connectivity index is 2.39. The zero-order valence-electron chi connectivity index (χ0n) is 8.53. The summed E-state index contributed by atoms with van der Waals surface area (Å²) < 4.78 is 6.62. The van der Waals surface area contributed by atoms with Gasteiger partial charge in [0.05, 0.1) is 13.2 Å². The van der Waals surface area contributed by atoms with Crippen LogP contribution in [-0.2, 0) is 0 Å². The zero-order valence-corrected chi connectivity index (χ0v) is 10.1. The molecule has 0 saturated carbocycles. The Morgan fingerprint density at radius 1 is 1.60 bits per heavy atom. The molecule has 3 nitrogen and oxygen atoms in total. The maximum absolute atomic E-state index is 9.26. The lowest BCUT2D eigenvalue weighted by atomic mass is 9.91. The van der Waals surface area contributed by atoms with E-state index in [9.17, 15) is 5.11 Å². The molecule has 1 aliphatic heterocycles. The Morgan fingerprint density at radius 3 is 3.07 bits per heavy atom. The van der Waals surface area contributed by atoms with Gasteiger partial charge >= 0.3 is 0 Å². The lowest BCUT2D eigenvalue weighted by molar-refractivity contribution is 0.114. The van der Waals surface area contributed by atoms with Crippen LogP contribution >= 0.6 is 15.9 Å². The first kappa shape index (κ1) is 10.9. The van der Waals surface area contributed by atoms with Gasteiger partial charge in [0.25, 0.3) is 0 Å². The van der Waals surface area contributed by atoms with Crippen LogP contribution < -0.4 is 10.1 Å². The fraction of sp³-hybridized carbons (Fsp3) is 0.455. The summed E-state index contributed by atoms with van der Waals surface area (Å²) in [6.07, 6.45) is 0. The molecule has 2 unspecified atom stereocenters. The van der Waals surface area contributed by atoms with Gasteiger partial charge in [-0.2, -0.15) is 0 Å². The summed E-state index contributed by atoms with van der Waals surface area (Å²) in [6.45, 7) is 0.702. The first-order chi connectivity index (χ1) is 7.26. The summed E-state index contributed by atoms with van der Waals surface area (Å²) >= 11 is 3.44. The summed E-state index contributed by atoms with van der Waals surface area (Å²) in [4.78, 5) is 0. The molecule has 0 saturated heterocycles. The van der Waals surface area contributed by atoms with Crippen LogP contribution in [0.1, 0.15) is 11.6 Å². The van der Waals surface area contributed by atoms with Crippen molar-refractivity contribution < 1.29 is 9.84 Å². The summed E-state index contributed by atoms with van der Waals surface area (Å²) in [5.74, 6) is 1.03. The molecule has 0 spiro atoms. The molecule has 0 aromatic heterocycles. The molecule has 0 radical (unpaired) electrons. The SMILES string of the molecule is CNC1c2cc(Br)ccc2OCC1CO. The Bertz CT molecular complexity index is 356. The van der Waals surface area contributed by atoms with Gasteiger partial charge in [-0.1, -0.05) is 15.9 Å². The van der Waals surface area contributed by atoms with E-state index >= 15 is 0 Å². The Morgan fingerprint density at radius 2 is 2.40 bits per heavy atom. The molecule has 0 fully saturated rings. The van der Waals surface area contributed by atoms with Crippen LogP contribution in [0, 0.1) is 5.92 Å². The van der Waals surface area contributed by atoms with E-state index in [1.54, 1.807) is 0 Å². The van der Waals surface area contributed by atoms with Gasteiger partial charge in [0.15, 0.2) is 0 Å². The van der Waals surface area contributed by atoms with Gasteiger partial charge in [-0.15, -0.1) is 0 Å². The van der Waals surface area contributed by atoms with E-state index in [1.165, 1.54) is 0 Å². The van der Waals surface area contributed by atoms with Crippen molar-refractivity contribution >= 4 is 15.9 Å². The molecular formula is C11H14BrNO2. The van der Waals surface area contributed by atoms with E-state index in [0.29, 0.717) is 6.61 Å². The monoisotopic (exact) mass is 271 g/mol. The second kappa shape index (κ2) is 4.51. The molecule has 1 aromatic carbocycles. The second-order valence-electron chi connectivity index (χ2n) is 3.70. The van der Waals surface area contributed by atoms with Gasteiger partial charge in [0.1, 0.15) is 5.75 Å². The molecule has 2 N–H and O–H groups in total. The largest absolute Gasteiger partial charge is 0.493 e. The first-order valence-corrected chi connectivity index (χ1v) is 5.76. The summed E-state index contributed by atoms with van der Waals surface area (Å²) in [7, 11) is 1.91. The highest BCUT2D eigenvalue weighted by molar-refractivity contribution is 9.10. The summed E-state index contributed by atoms with van der Waals surface area (Å²) in [5, 5.41) is 12.5. The van der Waals surface area contributed by atoms with Crippen molar-refractivity contribution in [3.8, 4) is 5.75 Å². The van der Waals surface area contributed by atoms with Gasteiger partial charge in [0.2, 0.25) is 0 Å². The maximum Gasteiger partial charge on any atom is 0.124 e. The van der Waals surface area contributed by atoms with Crippen LogP contribution in [0.4, 0.5) is 0 Å². The number of hydrogen-bond acceptors (Lipinski definition) is 3. The van der Waals surface area contributed by atoms with Crippen molar-refractivity contribution in [3.05, 3.63) is 28.2 Å². The first-order valence-electron chi connectivity index (χ1n) is 4.96. The number of aliphatic hydroxyl groups excluding tert-OH is 1. The standard InChI is InChI=1S/C11H14BrNO2/c1-13-11-7(5-14)6-15-10-3-2-8(12)4-9(10)11/h2-4,7,11,13-14H,5-6H2,1H3. The predicted molar refractivity (Wildman–Crippen MR) is 62.0 cm³/mol. The lowest BCUT2D eigenvalue weighted by Crippen LogP contribution is -2.35. The van der Waals surface area contributed by atoms with E-state index in [4.69, 9.17) is 4.74 Å². The number of nitrogens with one attached hydrogen (secondary N) is 1. The zero-order chi connectivity index (χ0) is 10.8. The van der Waals surface area contributed by atoms with Gasteiger partial charge in [-0.05, 0) is 25.2 Å². The summed E-state index contributed by atoms with van der Waals surface area (Å²) in [5.41, 5.74) is 1.11. The van der Waals surface area contributed by atoms with Gasteiger partial charge < -0.3 is 15.2 Å². The average molecular weight is 272 g/mol. The molecule has 1 aliphatic rings. The average Bonchev–Trinajstić information content (AvgIpc) is 2.27. The third-order valence-electron chi connectivity index (χ3n) is 2.78. The van der Waals surface area contributed by atoms with Crippen LogP contribution in [0.2, 0.25) is 0 Å². The molecular weight excluding hydrogens is 258 g/mol. The Kier molecular flexibility index (Phi) is 3.29. The predicted octanol–water partition coefficient (Wildman–Crippen LogP) is 1.71. The number of hydrogen-bond donors (Lipinski definition) is 2. The van der Waals surface area contributed by atoms with E-state index in [1.807, 2.05) is 25.2 Å². The van der Waals surface area contributed by atoms with E-state index < -0.39 is 0 Å². The smallest absolute Gasteiger partial charge is 0.124 e. The number of benzene rings is 1. The van der Waals surface area contributed by atoms with Crippen molar-refractivity contribution in [2.24, 2.45) is 5.92 Å². The van der Waals surface area contributed by atoms with E-state index in [-0.39, 0.29) is 18.6 Å². The molecule has 0 aliphatic carbocycles. The highest BCUT2D eigenvalue weighted by Gasteiger charge is 2.29. The quantitative estimate of drug-likeness (QED) is 0.861. The third-order valence-corrected chi connectivity index (χ3v) is 3.27. The second-order valence-corrected chi connectivity index (χ2v) is 4.62. The number of rotatable bonds is 2. The Labute approximate surface area is 97.6 Å². The molecule has 4 heteroatoms. The fourth-order valence-corrected chi connectivity index (χ4v) is 2.37. The molecule has 15 heavy (non-hydrogen) atoms. The van der Waals surface area contributed by atoms with Crippen molar-refractivity contribution in [1.29, 1.82) is 0 Å². The maximum atomic E-state index is 9.26. The van der Waals surface area contributed by atoms with Crippen LogP contribution in [0.15, 0.2) is 22.7 Å². The van der Waals surface area contributed by atoms with E-state index in [2.05, 4.69) is 21.2 Å². The molecule has 0 bridgehead atoms. The van der Waals surface area contributed by atoms with Crippen molar-refractivity contribution in [3.63, 3.8) is 0 Å². The van der Waals surface area contributed by atoms with Crippen LogP contribution in [0.3, 0.4) is 0 Å².